The maximum Gasteiger partial charge on any atom is 0.272 e. The number of rotatable bonds is 7. The number of amides is 2. The van der Waals surface area contributed by atoms with Crippen molar-refractivity contribution in [3.05, 3.63) is 74.4 Å². The summed E-state index contributed by atoms with van der Waals surface area (Å²) < 4.78 is 18.5. The van der Waals surface area contributed by atoms with E-state index in [1.54, 1.807) is 13.0 Å². The van der Waals surface area contributed by atoms with Gasteiger partial charge in [0.1, 0.15) is 5.82 Å². The van der Waals surface area contributed by atoms with E-state index in [9.17, 15) is 23.6 Å². The van der Waals surface area contributed by atoms with Crippen molar-refractivity contribution in [2.24, 2.45) is 0 Å². The number of carbonyl (C=O) groups excluding carboxylic acids is 2. The van der Waals surface area contributed by atoms with Gasteiger partial charge in [0.2, 0.25) is 23.5 Å². The zero-order valence-electron chi connectivity index (χ0n) is 17.9. The standard InChI is InChI=1S/C22H19FN6O5/c1-11-9-12(5-6-14(11)23)20-26-18(34-29-20)8-7-16(30)24-10-17(31)25-15-4-2-3-13-19(15)22(33)28-27-21(13)32/h2-6,9H,7-8,10H2,1H3,(H,24,30)(H,25,31)(H,27,32)(H,28,33). The molecule has 4 N–H and O–H groups in total. The Morgan fingerprint density at radius 1 is 1.09 bits per heavy atom. The van der Waals surface area contributed by atoms with Crippen LogP contribution in [0, 0.1) is 12.7 Å². The van der Waals surface area contributed by atoms with Gasteiger partial charge in [0.05, 0.1) is 23.0 Å². The summed E-state index contributed by atoms with van der Waals surface area (Å²) in [5.41, 5.74) is 0.117. The van der Waals surface area contributed by atoms with Gasteiger partial charge in [-0.15, -0.1) is 0 Å². The predicted octanol–water partition coefficient (Wildman–Crippen LogP) is 1.40. The number of nitrogens with one attached hydrogen (secondary N) is 4. The molecular formula is C22H19FN6O5. The molecule has 11 nitrogen and oxygen atoms in total. The van der Waals surface area contributed by atoms with Crippen LogP contribution in [0.3, 0.4) is 0 Å². The van der Waals surface area contributed by atoms with Gasteiger partial charge in [0, 0.05) is 18.4 Å². The first kappa shape index (κ1) is 22.6. The average Bonchev–Trinajstić information content (AvgIpc) is 3.30. The van der Waals surface area contributed by atoms with E-state index in [1.807, 2.05) is 0 Å². The number of H-pyrrole nitrogens is 2. The van der Waals surface area contributed by atoms with Crippen LogP contribution in [0.5, 0.6) is 0 Å². The molecule has 2 aromatic carbocycles. The number of aromatic nitrogens is 4. The van der Waals surface area contributed by atoms with E-state index < -0.39 is 22.9 Å². The first-order valence-corrected chi connectivity index (χ1v) is 10.2. The number of aromatic amines is 2. The van der Waals surface area contributed by atoms with Gasteiger partial charge in [-0.05, 0) is 42.8 Å². The van der Waals surface area contributed by atoms with Gasteiger partial charge < -0.3 is 15.2 Å². The van der Waals surface area contributed by atoms with Crippen LogP contribution in [0.1, 0.15) is 17.9 Å². The maximum absolute atomic E-state index is 13.4. The summed E-state index contributed by atoms with van der Waals surface area (Å²) in [5.74, 6) is -0.848. The number of halogens is 1. The molecule has 0 bridgehead atoms. The van der Waals surface area contributed by atoms with Gasteiger partial charge in [-0.3, -0.25) is 29.4 Å². The lowest BCUT2D eigenvalue weighted by Crippen LogP contribution is -2.33. The lowest BCUT2D eigenvalue weighted by atomic mass is 10.1. The third-order valence-corrected chi connectivity index (χ3v) is 5.00. The van der Waals surface area contributed by atoms with Crippen molar-refractivity contribution in [2.75, 3.05) is 11.9 Å². The topological polar surface area (TPSA) is 163 Å². The average molecular weight is 466 g/mol. The van der Waals surface area contributed by atoms with Gasteiger partial charge in [-0.25, -0.2) is 4.39 Å². The first-order chi connectivity index (χ1) is 16.3. The Labute approximate surface area is 190 Å². The molecule has 174 valence electrons. The molecule has 4 rings (SSSR count). The molecule has 2 aromatic heterocycles. The monoisotopic (exact) mass is 466 g/mol. The van der Waals surface area contributed by atoms with Crippen molar-refractivity contribution in [3.63, 3.8) is 0 Å². The summed E-state index contributed by atoms with van der Waals surface area (Å²) >= 11 is 0. The molecule has 2 heterocycles. The van der Waals surface area contributed by atoms with Crippen molar-refractivity contribution in [2.45, 2.75) is 19.8 Å². The van der Waals surface area contributed by atoms with Crippen LogP contribution in [0.2, 0.25) is 0 Å². The number of benzene rings is 2. The molecule has 0 atom stereocenters. The van der Waals surface area contributed by atoms with E-state index >= 15 is 0 Å². The number of carbonyl (C=O) groups is 2. The highest BCUT2D eigenvalue weighted by molar-refractivity contribution is 6.02. The highest BCUT2D eigenvalue weighted by Gasteiger charge is 2.14. The van der Waals surface area contributed by atoms with Crippen LogP contribution in [0.4, 0.5) is 10.1 Å². The van der Waals surface area contributed by atoms with Gasteiger partial charge in [0.25, 0.3) is 11.1 Å². The quantitative estimate of drug-likeness (QED) is 0.320. The molecule has 0 fully saturated rings. The zero-order chi connectivity index (χ0) is 24.2. The van der Waals surface area contributed by atoms with Crippen molar-refractivity contribution < 1.29 is 18.5 Å². The highest BCUT2D eigenvalue weighted by Crippen LogP contribution is 2.19. The zero-order valence-corrected chi connectivity index (χ0v) is 17.9. The summed E-state index contributed by atoms with van der Waals surface area (Å²) in [6, 6.07) is 8.90. The summed E-state index contributed by atoms with van der Waals surface area (Å²) in [6.07, 6.45) is 0.128. The Balaban J connectivity index is 1.31. The second-order valence-corrected chi connectivity index (χ2v) is 7.44. The van der Waals surface area contributed by atoms with Gasteiger partial charge >= 0.3 is 0 Å². The van der Waals surface area contributed by atoms with Crippen molar-refractivity contribution in [1.29, 1.82) is 0 Å². The van der Waals surface area contributed by atoms with Crippen LogP contribution in [0.15, 0.2) is 50.5 Å². The lowest BCUT2D eigenvalue weighted by Gasteiger charge is -2.08. The van der Waals surface area contributed by atoms with E-state index in [0.29, 0.717) is 11.1 Å². The number of fused-ring (bicyclic) bond motifs is 1. The van der Waals surface area contributed by atoms with E-state index in [4.69, 9.17) is 4.52 Å². The van der Waals surface area contributed by atoms with E-state index in [0.717, 1.165) is 0 Å². The molecule has 4 aromatic rings. The van der Waals surface area contributed by atoms with Crippen LogP contribution in [-0.4, -0.2) is 38.7 Å². The second kappa shape index (κ2) is 9.48. The summed E-state index contributed by atoms with van der Waals surface area (Å²) in [7, 11) is 0. The number of nitrogens with zero attached hydrogens (tertiary/aromatic N) is 2. The molecule has 0 aliphatic carbocycles. The molecule has 0 saturated heterocycles. The number of aryl methyl sites for hydroxylation is 2. The van der Waals surface area contributed by atoms with Gasteiger partial charge in [-0.1, -0.05) is 11.2 Å². The Hall–Kier alpha value is -4.61. The minimum absolute atomic E-state index is 0.0132. The number of hydrogen-bond donors (Lipinski definition) is 4. The fraction of sp³-hybridized carbons (Fsp3) is 0.182. The van der Waals surface area contributed by atoms with Crippen molar-refractivity contribution >= 4 is 28.3 Å². The molecule has 34 heavy (non-hydrogen) atoms. The third-order valence-electron chi connectivity index (χ3n) is 5.00. The Bertz CT molecular complexity index is 1510. The Morgan fingerprint density at radius 3 is 2.68 bits per heavy atom. The molecule has 2 amide bonds. The third kappa shape index (κ3) is 4.90. The smallest absolute Gasteiger partial charge is 0.272 e. The van der Waals surface area contributed by atoms with Gasteiger partial charge in [-0.2, -0.15) is 4.98 Å². The fourth-order valence-electron chi connectivity index (χ4n) is 3.27. The van der Waals surface area contributed by atoms with E-state index in [2.05, 4.69) is 31.0 Å². The second-order valence-electron chi connectivity index (χ2n) is 7.44. The van der Waals surface area contributed by atoms with Crippen LogP contribution < -0.4 is 21.8 Å². The highest BCUT2D eigenvalue weighted by atomic mass is 19.1. The Kier molecular flexibility index (Phi) is 6.30. The normalized spacial score (nSPS) is 10.9. The number of anilines is 1. The van der Waals surface area contributed by atoms with Crippen LogP contribution in [-0.2, 0) is 16.0 Å². The first-order valence-electron chi connectivity index (χ1n) is 10.2. The van der Waals surface area contributed by atoms with Crippen molar-refractivity contribution in [3.8, 4) is 11.4 Å². The minimum Gasteiger partial charge on any atom is -0.347 e. The molecule has 0 radical (unpaired) electrons. The van der Waals surface area contributed by atoms with E-state index in [1.165, 1.54) is 30.3 Å². The summed E-state index contributed by atoms with van der Waals surface area (Å²) in [5, 5.41) is 13.4. The molecule has 12 heteroatoms. The summed E-state index contributed by atoms with van der Waals surface area (Å²) in [6.45, 7) is 1.28. The van der Waals surface area contributed by atoms with Crippen LogP contribution >= 0.6 is 0 Å². The maximum atomic E-state index is 13.4. The SMILES string of the molecule is Cc1cc(-c2noc(CCC(=O)NCC(=O)Nc3cccc4c(=O)[nH][nH]c(=O)c34)n2)ccc1F. The largest absolute Gasteiger partial charge is 0.347 e. The Morgan fingerprint density at radius 2 is 1.88 bits per heavy atom. The molecule has 0 aliphatic heterocycles. The molecule has 0 saturated carbocycles. The number of hydrogen-bond acceptors (Lipinski definition) is 7. The predicted molar refractivity (Wildman–Crippen MR) is 120 cm³/mol. The van der Waals surface area contributed by atoms with Gasteiger partial charge in [0.15, 0.2) is 0 Å². The van der Waals surface area contributed by atoms with E-state index in [-0.39, 0.29) is 53.4 Å². The minimum atomic E-state index is -0.577. The lowest BCUT2D eigenvalue weighted by molar-refractivity contribution is -0.124. The fourth-order valence-corrected chi connectivity index (χ4v) is 3.27. The van der Waals surface area contributed by atoms with Crippen molar-refractivity contribution in [1.82, 2.24) is 25.7 Å². The molecule has 0 aliphatic rings. The molecule has 0 spiro atoms. The molecule has 0 unspecified atom stereocenters. The molecular weight excluding hydrogens is 447 g/mol. The van der Waals surface area contributed by atoms with Crippen LogP contribution in [0.25, 0.3) is 22.2 Å². The summed E-state index contributed by atoms with van der Waals surface area (Å²) in [4.78, 5) is 52.5.